The Labute approximate surface area is 111 Å². The second-order valence-electron chi connectivity index (χ2n) is 3.77. The van der Waals surface area contributed by atoms with Crippen molar-refractivity contribution in [3.63, 3.8) is 0 Å². The zero-order chi connectivity index (χ0) is 14.0. The predicted molar refractivity (Wildman–Crippen MR) is 65.1 cm³/mol. The number of carbonyl (C=O) groups excluding carboxylic acids is 1. The maximum Gasteiger partial charge on any atom is 0.416 e. The number of alkyl halides is 3. The average Bonchev–Trinajstić information content (AvgIpc) is 2.37. The molecule has 1 heterocycles. The molecular formula is C13H7ClF3NO. The van der Waals surface area contributed by atoms with Crippen molar-refractivity contribution < 1.29 is 18.0 Å². The van der Waals surface area contributed by atoms with Crippen LogP contribution in [0.5, 0.6) is 0 Å². The number of aldehydes is 1. The summed E-state index contributed by atoms with van der Waals surface area (Å²) in [6.45, 7) is 0. The van der Waals surface area contributed by atoms with Gasteiger partial charge in [0.05, 0.1) is 5.56 Å². The quantitative estimate of drug-likeness (QED) is 0.610. The molecule has 0 atom stereocenters. The third-order valence-electron chi connectivity index (χ3n) is 2.49. The van der Waals surface area contributed by atoms with E-state index in [1.165, 1.54) is 24.3 Å². The Morgan fingerprint density at radius 3 is 2.47 bits per heavy atom. The number of nitrogens with zero attached hydrogens (tertiary/aromatic N) is 1. The molecule has 19 heavy (non-hydrogen) atoms. The SMILES string of the molecule is O=Cc1ccc(-c2cccc(C(F)(F)F)c2)c(Cl)n1. The van der Waals surface area contributed by atoms with Crippen LogP contribution in [-0.2, 0) is 6.18 Å². The summed E-state index contributed by atoms with van der Waals surface area (Å²) in [6.07, 6.45) is -3.90. The number of halogens is 4. The minimum absolute atomic E-state index is 0.0103. The summed E-state index contributed by atoms with van der Waals surface area (Å²) < 4.78 is 37.8. The van der Waals surface area contributed by atoms with Crippen molar-refractivity contribution in [3.8, 4) is 11.1 Å². The van der Waals surface area contributed by atoms with E-state index < -0.39 is 11.7 Å². The minimum Gasteiger partial charge on any atom is -0.296 e. The summed E-state index contributed by atoms with van der Waals surface area (Å²) >= 11 is 5.86. The van der Waals surface area contributed by atoms with Gasteiger partial charge in [0.1, 0.15) is 10.8 Å². The van der Waals surface area contributed by atoms with Crippen LogP contribution in [-0.4, -0.2) is 11.3 Å². The first-order chi connectivity index (χ1) is 8.91. The van der Waals surface area contributed by atoms with E-state index in [1.54, 1.807) is 0 Å². The van der Waals surface area contributed by atoms with Gasteiger partial charge in [0.2, 0.25) is 0 Å². The second kappa shape index (κ2) is 5.01. The van der Waals surface area contributed by atoms with Gasteiger partial charge in [0.15, 0.2) is 6.29 Å². The van der Waals surface area contributed by atoms with Crippen molar-refractivity contribution in [1.29, 1.82) is 0 Å². The molecular weight excluding hydrogens is 279 g/mol. The largest absolute Gasteiger partial charge is 0.416 e. The average molecular weight is 286 g/mol. The van der Waals surface area contributed by atoms with E-state index in [4.69, 9.17) is 11.6 Å². The third kappa shape index (κ3) is 2.93. The zero-order valence-electron chi connectivity index (χ0n) is 9.41. The van der Waals surface area contributed by atoms with Crippen molar-refractivity contribution in [2.45, 2.75) is 6.18 Å². The van der Waals surface area contributed by atoms with Crippen LogP contribution in [0.25, 0.3) is 11.1 Å². The van der Waals surface area contributed by atoms with Crippen molar-refractivity contribution >= 4 is 17.9 Å². The molecule has 0 N–H and O–H groups in total. The van der Waals surface area contributed by atoms with Crippen LogP contribution in [0.2, 0.25) is 5.15 Å². The summed E-state index contributed by atoms with van der Waals surface area (Å²) in [6, 6.07) is 7.62. The highest BCUT2D eigenvalue weighted by molar-refractivity contribution is 6.32. The lowest BCUT2D eigenvalue weighted by Crippen LogP contribution is -2.04. The molecule has 0 aliphatic heterocycles. The van der Waals surface area contributed by atoms with E-state index in [0.29, 0.717) is 17.4 Å². The van der Waals surface area contributed by atoms with Crippen LogP contribution in [0, 0.1) is 0 Å². The Morgan fingerprint density at radius 2 is 1.89 bits per heavy atom. The van der Waals surface area contributed by atoms with Gasteiger partial charge in [-0.25, -0.2) is 4.98 Å². The molecule has 0 aliphatic rings. The monoisotopic (exact) mass is 285 g/mol. The number of rotatable bonds is 2. The third-order valence-corrected chi connectivity index (χ3v) is 2.78. The van der Waals surface area contributed by atoms with Gasteiger partial charge >= 0.3 is 6.18 Å². The molecule has 0 fully saturated rings. The topological polar surface area (TPSA) is 30.0 Å². The number of carbonyl (C=O) groups is 1. The van der Waals surface area contributed by atoms with E-state index in [2.05, 4.69) is 4.98 Å². The van der Waals surface area contributed by atoms with E-state index >= 15 is 0 Å². The first-order valence-corrected chi connectivity index (χ1v) is 5.59. The van der Waals surface area contributed by atoms with Crippen LogP contribution < -0.4 is 0 Å². The smallest absolute Gasteiger partial charge is 0.296 e. The molecule has 2 aromatic rings. The normalized spacial score (nSPS) is 11.4. The standard InChI is InChI=1S/C13H7ClF3NO/c14-12-11(5-4-10(7-19)18-12)8-2-1-3-9(6-8)13(15,16)17/h1-7H. The number of aromatic nitrogens is 1. The Balaban J connectivity index is 2.50. The molecule has 0 aliphatic carbocycles. The minimum atomic E-state index is -4.42. The van der Waals surface area contributed by atoms with Crippen molar-refractivity contribution in [2.75, 3.05) is 0 Å². The van der Waals surface area contributed by atoms with Crippen LogP contribution in [0.15, 0.2) is 36.4 Å². The van der Waals surface area contributed by atoms with Crippen LogP contribution in [0.3, 0.4) is 0 Å². The number of hydrogen-bond donors (Lipinski definition) is 0. The summed E-state index contributed by atoms with van der Waals surface area (Å²) in [5.41, 5.74) is 0.00407. The molecule has 0 amide bonds. The Bertz CT molecular complexity index is 626. The van der Waals surface area contributed by atoms with Crippen LogP contribution in [0.1, 0.15) is 16.1 Å². The number of pyridine rings is 1. The van der Waals surface area contributed by atoms with Crippen molar-refractivity contribution in [2.24, 2.45) is 0 Å². The fraction of sp³-hybridized carbons (Fsp3) is 0.0769. The molecule has 1 aromatic carbocycles. The summed E-state index contributed by atoms with van der Waals surface area (Å²) in [5.74, 6) is 0. The van der Waals surface area contributed by atoms with Crippen molar-refractivity contribution in [3.05, 3.63) is 52.8 Å². The maximum atomic E-state index is 12.6. The zero-order valence-corrected chi connectivity index (χ0v) is 10.2. The fourth-order valence-corrected chi connectivity index (χ4v) is 1.86. The van der Waals surface area contributed by atoms with Gasteiger partial charge in [-0.3, -0.25) is 4.79 Å². The highest BCUT2D eigenvalue weighted by atomic mass is 35.5. The molecule has 0 unspecified atom stereocenters. The molecule has 6 heteroatoms. The molecule has 98 valence electrons. The second-order valence-corrected chi connectivity index (χ2v) is 4.13. The first-order valence-electron chi connectivity index (χ1n) is 5.21. The van der Waals surface area contributed by atoms with Gasteiger partial charge in [-0.2, -0.15) is 13.2 Å². The molecule has 2 nitrogen and oxygen atoms in total. The molecule has 1 aromatic heterocycles. The molecule has 0 bridgehead atoms. The van der Waals surface area contributed by atoms with Gasteiger partial charge in [-0.05, 0) is 29.8 Å². The Hall–Kier alpha value is -1.88. The van der Waals surface area contributed by atoms with E-state index in [-0.39, 0.29) is 10.8 Å². The Kier molecular flexibility index (Phi) is 3.57. The Morgan fingerprint density at radius 1 is 1.16 bits per heavy atom. The van der Waals surface area contributed by atoms with Gasteiger partial charge < -0.3 is 0 Å². The maximum absolute atomic E-state index is 12.6. The summed E-state index contributed by atoms with van der Waals surface area (Å²) in [5, 5.41) is -0.0103. The summed E-state index contributed by atoms with van der Waals surface area (Å²) in [7, 11) is 0. The van der Waals surface area contributed by atoms with Gasteiger partial charge in [0.25, 0.3) is 0 Å². The molecule has 0 saturated carbocycles. The van der Waals surface area contributed by atoms with Crippen LogP contribution >= 0.6 is 11.6 Å². The molecule has 0 saturated heterocycles. The predicted octanol–water partition coefficient (Wildman–Crippen LogP) is 4.23. The van der Waals surface area contributed by atoms with E-state index in [0.717, 1.165) is 12.1 Å². The highest BCUT2D eigenvalue weighted by Gasteiger charge is 2.30. The van der Waals surface area contributed by atoms with Gasteiger partial charge in [-0.15, -0.1) is 0 Å². The molecule has 0 spiro atoms. The lowest BCUT2D eigenvalue weighted by atomic mass is 10.0. The van der Waals surface area contributed by atoms with Gasteiger partial charge in [0, 0.05) is 5.56 Å². The van der Waals surface area contributed by atoms with Crippen LogP contribution in [0.4, 0.5) is 13.2 Å². The highest BCUT2D eigenvalue weighted by Crippen LogP contribution is 2.33. The number of hydrogen-bond acceptors (Lipinski definition) is 2. The molecule has 2 rings (SSSR count). The number of benzene rings is 1. The lowest BCUT2D eigenvalue weighted by molar-refractivity contribution is -0.137. The molecule has 0 radical (unpaired) electrons. The summed E-state index contributed by atoms with van der Waals surface area (Å²) in [4.78, 5) is 14.3. The fourth-order valence-electron chi connectivity index (χ4n) is 1.59. The first kappa shape index (κ1) is 13.5. The van der Waals surface area contributed by atoms with E-state index in [9.17, 15) is 18.0 Å². The lowest BCUT2D eigenvalue weighted by Gasteiger charge is -2.09. The van der Waals surface area contributed by atoms with E-state index in [1.807, 2.05) is 0 Å². The van der Waals surface area contributed by atoms with Gasteiger partial charge in [-0.1, -0.05) is 23.7 Å². The van der Waals surface area contributed by atoms with Crippen molar-refractivity contribution in [1.82, 2.24) is 4.98 Å².